The molecule has 3 atom stereocenters. The topological polar surface area (TPSA) is 29.5 Å². The molecule has 3 rings (SSSR count). The van der Waals surface area contributed by atoms with E-state index >= 15 is 0 Å². The van der Waals surface area contributed by atoms with E-state index in [-0.39, 0.29) is 16.9 Å². The molecular formula is C18H26O2. The van der Waals surface area contributed by atoms with Crippen molar-refractivity contribution in [2.75, 3.05) is 7.11 Å². The van der Waals surface area contributed by atoms with Crippen molar-refractivity contribution in [3.8, 4) is 5.75 Å². The Labute approximate surface area is 122 Å². The molecule has 0 spiro atoms. The lowest BCUT2D eigenvalue weighted by Gasteiger charge is -2.56. The summed E-state index contributed by atoms with van der Waals surface area (Å²) in [4.78, 5) is 0. The maximum Gasteiger partial charge on any atom is 0.119 e. The number of ether oxygens (including phenoxy) is 1. The second-order valence-electron chi connectivity index (χ2n) is 7.41. The predicted octanol–water partition coefficient (Wildman–Crippen LogP) is 3.70. The third-order valence-electron chi connectivity index (χ3n) is 6.09. The molecule has 0 unspecified atom stereocenters. The zero-order valence-corrected chi connectivity index (χ0v) is 13.1. The van der Waals surface area contributed by atoms with Crippen molar-refractivity contribution >= 4 is 0 Å². The van der Waals surface area contributed by atoms with Crippen molar-refractivity contribution in [2.24, 2.45) is 11.3 Å². The Morgan fingerprint density at radius 3 is 2.65 bits per heavy atom. The second kappa shape index (κ2) is 4.49. The van der Waals surface area contributed by atoms with Gasteiger partial charge in [0.1, 0.15) is 5.75 Å². The molecule has 0 amide bonds. The van der Waals surface area contributed by atoms with Gasteiger partial charge >= 0.3 is 0 Å². The first-order chi connectivity index (χ1) is 9.39. The highest BCUT2D eigenvalue weighted by Gasteiger charge is 2.53. The summed E-state index contributed by atoms with van der Waals surface area (Å²) >= 11 is 0. The van der Waals surface area contributed by atoms with Crippen LogP contribution in [0, 0.1) is 11.3 Å². The van der Waals surface area contributed by atoms with Gasteiger partial charge in [0.15, 0.2) is 0 Å². The van der Waals surface area contributed by atoms with Gasteiger partial charge in [-0.2, -0.15) is 0 Å². The molecule has 2 aliphatic carbocycles. The standard InChI is InChI=1S/C18H26O2/c1-17(2)15-8-5-12-11-13(20-4)6-7-14(12)18(15,3)10-9-16(17)19/h6-7,11,15-16,19H,5,8-10H2,1-4H3/t15-,16-,18+/m0/s1. The summed E-state index contributed by atoms with van der Waals surface area (Å²) in [6.45, 7) is 6.89. The summed E-state index contributed by atoms with van der Waals surface area (Å²) in [6, 6.07) is 6.55. The Morgan fingerprint density at radius 2 is 1.95 bits per heavy atom. The van der Waals surface area contributed by atoms with Crippen LogP contribution in [-0.4, -0.2) is 18.3 Å². The summed E-state index contributed by atoms with van der Waals surface area (Å²) in [7, 11) is 1.73. The maximum absolute atomic E-state index is 10.4. The summed E-state index contributed by atoms with van der Waals surface area (Å²) in [5.41, 5.74) is 3.12. The Balaban J connectivity index is 2.07. The van der Waals surface area contributed by atoms with Crippen molar-refractivity contribution in [3.63, 3.8) is 0 Å². The smallest absolute Gasteiger partial charge is 0.119 e. The third kappa shape index (κ3) is 1.81. The summed E-state index contributed by atoms with van der Waals surface area (Å²) in [5, 5.41) is 10.4. The Hall–Kier alpha value is -1.02. The highest BCUT2D eigenvalue weighted by atomic mass is 16.5. The van der Waals surface area contributed by atoms with Crippen LogP contribution in [0.5, 0.6) is 5.75 Å². The van der Waals surface area contributed by atoms with Crippen LogP contribution >= 0.6 is 0 Å². The molecule has 0 radical (unpaired) electrons. The molecule has 0 aromatic heterocycles. The van der Waals surface area contributed by atoms with E-state index in [0.717, 1.165) is 25.0 Å². The van der Waals surface area contributed by atoms with Gasteiger partial charge in [-0.25, -0.2) is 0 Å². The van der Waals surface area contributed by atoms with E-state index in [1.54, 1.807) is 7.11 Å². The van der Waals surface area contributed by atoms with Crippen LogP contribution in [0.1, 0.15) is 51.2 Å². The highest BCUT2D eigenvalue weighted by Crippen LogP contribution is 2.57. The first-order valence-corrected chi connectivity index (χ1v) is 7.75. The highest BCUT2D eigenvalue weighted by molar-refractivity contribution is 5.43. The fourth-order valence-electron chi connectivity index (χ4n) is 4.81. The van der Waals surface area contributed by atoms with E-state index in [1.807, 2.05) is 0 Å². The van der Waals surface area contributed by atoms with Gasteiger partial charge in [-0.3, -0.25) is 0 Å². The van der Waals surface area contributed by atoms with Crippen molar-refractivity contribution in [1.82, 2.24) is 0 Å². The predicted molar refractivity (Wildman–Crippen MR) is 81.2 cm³/mol. The van der Waals surface area contributed by atoms with Crippen LogP contribution in [0.2, 0.25) is 0 Å². The number of hydrogen-bond acceptors (Lipinski definition) is 2. The van der Waals surface area contributed by atoms with Crippen molar-refractivity contribution in [2.45, 2.75) is 58.0 Å². The fourth-order valence-corrected chi connectivity index (χ4v) is 4.81. The number of aliphatic hydroxyl groups is 1. The van der Waals surface area contributed by atoms with Gasteiger partial charge in [0.05, 0.1) is 13.2 Å². The molecule has 20 heavy (non-hydrogen) atoms. The molecule has 2 heteroatoms. The molecule has 0 heterocycles. The SMILES string of the molecule is COc1ccc2c(c1)CC[C@H]1C(C)(C)[C@@H](O)CC[C@]21C. The Kier molecular flexibility index (Phi) is 3.13. The number of aryl methyl sites for hydroxylation is 1. The molecule has 1 fully saturated rings. The van der Waals surface area contributed by atoms with E-state index in [2.05, 4.69) is 39.0 Å². The zero-order valence-electron chi connectivity index (χ0n) is 13.1. The lowest BCUT2D eigenvalue weighted by molar-refractivity contribution is -0.0731. The van der Waals surface area contributed by atoms with Gasteiger partial charge in [-0.15, -0.1) is 0 Å². The number of methoxy groups -OCH3 is 1. The van der Waals surface area contributed by atoms with Crippen molar-refractivity contribution < 1.29 is 9.84 Å². The number of rotatable bonds is 1. The van der Waals surface area contributed by atoms with Crippen LogP contribution < -0.4 is 4.74 Å². The minimum absolute atomic E-state index is 0.00458. The molecule has 110 valence electrons. The lowest BCUT2D eigenvalue weighted by atomic mass is 9.49. The van der Waals surface area contributed by atoms with E-state index in [1.165, 1.54) is 17.5 Å². The molecule has 0 saturated heterocycles. The molecule has 1 N–H and O–H groups in total. The largest absolute Gasteiger partial charge is 0.497 e. The first kappa shape index (κ1) is 13.9. The normalized spacial score (nSPS) is 35.0. The van der Waals surface area contributed by atoms with Gasteiger partial charge in [0.2, 0.25) is 0 Å². The van der Waals surface area contributed by atoms with E-state index in [0.29, 0.717) is 5.92 Å². The van der Waals surface area contributed by atoms with Crippen molar-refractivity contribution in [1.29, 1.82) is 0 Å². The van der Waals surface area contributed by atoms with Gasteiger partial charge in [-0.05, 0) is 65.7 Å². The lowest BCUT2D eigenvalue weighted by Crippen LogP contribution is -2.53. The summed E-state index contributed by atoms with van der Waals surface area (Å²) in [6.07, 6.45) is 4.09. The van der Waals surface area contributed by atoms with E-state index in [4.69, 9.17) is 4.74 Å². The van der Waals surface area contributed by atoms with Crippen LogP contribution in [0.3, 0.4) is 0 Å². The Bertz CT molecular complexity index is 520. The van der Waals surface area contributed by atoms with Gasteiger partial charge in [-0.1, -0.05) is 26.8 Å². The number of hydrogen-bond donors (Lipinski definition) is 1. The number of fused-ring (bicyclic) bond motifs is 3. The average molecular weight is 274 g/mol. The fraction of sp³-hybridized carbons (Fsp3) is 0.667. The molecule has 2 aliphatic rings. The molecule has 0 bridgehead atoms. The zero-order chi connectivity index (χ0) is 14.5. The molecule has 1 saturated carbocycles. The number of aliphatic hydroxyl groups excluding tert-OH is 1. The van der Waals surface area contributed by atoms with Crippen molar-refractivity contribution in [3.05, 3.63) is 29.3 Å². The minimum Gasteiger partial charge on any atom is -0.497 e. The van der Waals surface area contributed by atoms with Gasteiger partial charge in [0, 0.05) is 0 Å². The molecule has 2 nitrogen and oxygen atoms in total. The monoisotopic (exact) mass is 274 g/mol. The average Bonchev–Trinajstić information content (AvgIpc) is 2.43. The maximum atomic E-state index is 10.4. The molecule has 1 aromatic rings. The second-order valence-corrected chi connectivity index (χ2v) is 7.41. The quantitative estimate of drug-likeness (QED) is 0.846. The number of benzene rings is 1. The first-order valence-electron chi connectivity index (χ1n) is 7.75. The molecule has 0 aliphatic heterocycles. The molecular weight excluding hydrogens is 248 g/mol. The van der Waals surface area contributed by atoms with Crippen LogP contribution in [0.4, 0.5) is 0 Å². The molecule has 1 aromatic carbocycles. The van der Waals surface area contributed by atoms with E-state index in [9.17, 15) is 5.11 Å². The summed E-state index contributed by atoms with van der Waals surface area (Å²) < 4.78 is 5.37. The van der Waals surface area contributed by atoms with E-state index < -0.39 is 0 Å². The van der Waals surface area contributed by atoms with Crippen LogP contribution in [-0.2, 0) is 11.8 Å². The third-order valence-corrected chi connectivity index (χ3v) is 6.09. The van der Waals surface area contributed by atoms with Crippen LogP contribution in [0.25, 0.3) is 0 Å². The minimum atomic E-state index is -0.166. The van der Waals surface area contributed by atoms with Crippen LogP contribution in [0.15, 0.2) is 18.2 Å². The van der Waals surface area contributed by atoms with Gasteiger partial charge < -0.3 is 9.84 Å². The van der Waals surface area contributed by atoms with Gasteiger partial charge in [0.25, 0.3) is 0 Å². The Morgan fingerprint density at radius 1 is 1.20 bits per heavy atom. The summed E-state index contributed by atoms with van der Waals surface area (Å²) in [5.74, 6) is 1.51.